The predicted octanol–water partition coefficient (Wildman–Crippen LogP) is 2.43. The molecule has 0 aromatic heterocycles. The van der Waals surface area contributed by atoms with Gasteiger partial charge in [-0.1, -0.05) is 27.2 Å². The van der Waals surface area contributed by atoms with E-state index in [4.69, 9.17) is 0 Å². The lowest BCUT2D eigenvalue weighted by Gasteiger charge is -2.16. The molecule has 0 aliphatic carbocycles. The van der Waals surface area contributed by atoms with Crippen molar-refractivity contribution < 1.29 is 9.90 Å². The van der Waals surface area contributed by atoms with Crippen molar-refractivity contribution in [3.8, 4) is 0 Å². The lowest BCUT2D eigenvalue weighted by molar-refractivity contribution is -0.120. The van der Waals surface area contributed by atoms with Crippen molar-refractivity contribution in [2.75, 3.05) is 12.3 Å². The third-order valence-corrected chi connectivity index (χ3v) is 3.73. The Labute approximate surface area is 110 Å². The van der Waals surface area contributed by atoms with Gasteiger partial charge in [-0.05, 0) is 31.4 Å². The number of aliphatic hydroxyl groups is 1. The highest BCUT2D eigenvalue weighted by Gasteiger charge is 2.14. The highest BCUT2D eigenvalue weighted by atomic mass is 32.2. The van der Waals surface area contributed by atoms with Crippen LogP contribution < -0.4 is 5.32 Å². The SMILES string of the molecule is CCCCS[C@H](C)C(=O)NC[C@@H](O)CC(C)C. The van der Waals surface area contributed by atoms with E-state index in [1.807, 2.05) is 6.92 Å². The first-order valence-corrected chi connectivity index (χ1v) is 7.59. The molecule has 0 saturated heterocycles. The van der Waals surface area contributed by atoms with E-state index in [9.17, 15) is 9.90 Å². The van der Waals surface area contributed by atoms with Crippen LogP contribution in [0.5, 0.6) is 0 Å². The van der Waals surface area contributed by atoms with Gasteiger partial charge in [-0.3, -0.25) is 4.79 Å². The smallest absolute Gasteiger partial charge is 0.232 e. The number of hydrogen-bond acceptors (Lipinski definition) is 3. The number of carbonyl (C=O) groups excluding carboxylic acids is 1. The molecule has 1 amide bonds. The first-order valence-electron chi connectivity index (χ1n) is 6.54. The van der Waals surface area contributed by atoms with Crippen LogP contribution in [-0.4, -0.2) is 34.7 Å². The number of hydrogen-bond donors (Lipinski definition) is 2. The lowest BCUT2D eigenvalue weighted by atomic mass is 10.1. The fourth-order valence-electron chi connectivity index (χ4n) is 1.47. The van der Waals surface area contributed by atoms with Gasteiger partial charge in [0.05, 0.1) is 11.4 Å². The van der Waals surface area contributed by atoms with E-state index in [1.54, 1.807) is 11.8 Å². The number of carbonyl (C=O) groups is 1. The number of amides is 1. The number of nitrogens with one attached hydrogen (secondary N) is 1. The molecule has 0 radical (unpaired) electrons. The Kier molecular flexibility index (Phi) is 9.65. The van der Waals surface area contributed by atoms with Crippen LogP contribution in [0.3, 0.4) is 0 Å². The molecule has 0 heterocycles. The molecule has 0 unspecified atom stereocenters. The molecule has 0 fully saturated rings. The minimum Gasteiger partial charge on any atom is -0.391 e. The molecule has 2 N–H and O–H groups in total. The van der Waals surface area contributed by atoms with Crippen molar-refractivity contribution in [2.45, 2.75) is 58.3 Å². The standard InChI is InChI=1S/C13H27NO2S/c1-5-6-7-17-11(4)13(16)14-9-12(15)8-10(2)3/h10-12,15H,5-9H2,1-4H3,(H,14,16)/t11-,12+/m1/s1. The van der Waals surface area contributed by atoms with Crippen molar-refractivity contribution in [3.05, 3.63) is 0 Å². The molecule has 0 aromatic carbocycles. The van der Waals surface area contributed by atoms with Crippen LogP contribution in [0.2, 0.25) is 0 Å². The molecule has 0 saturated carbocycles. The van der Waals surface area contributed by atoms with Crippen molar-refractivity contribution in [1.82, 2.24) is 5.32 Å². The molecule has 0 rings (SSSR count). The van der Waals surface area contributed by atoms with E-state index >= 15 is 0 Å². The second-order valence-corrected chi connectivity index (χ2v) is 6.34. The summed E-state index contributed by atoms with van der Waals surface area (Å²) in [6, 6.07) is 0. The van der Waals surface area contributed by atoms with Gasteiger partial charge in [0.1, 0.15) is 0 Å². The second-order valence-electron chi connectivity index (χ2n) is 4.90. The van der Waals surface area contributed by atoms with Crippen molar-refractivity contribution in [3.63, 3.8) is 0 Å². The second kappa shape index (κ2) is 9.77. The predicted molar refractivity (Wildman–Crippen MR) is 75.3 cm³/mol. The average molecular weight is 261 g/mol. The summed E-state index contributed by atoms with van der Waals surface area (Å²) in [4.78, 5) is 11.7. The summed E-state index contributed by atoms with van der Waals surface area (Å²) in [7, 11) is 0. The van der Waals surface area contributed by atoms with Gasteiger partial charge in [0, 0.05) is 6.54 Å². The van der Waals surface area contributed by atoms with Gasteiger partial charge in [0.25, 0.3) is 0 Å². The van der Waals surface area contributed by atoms with Gasteiger partial charge < -0.3 is 10.4 Å². The van der Waals surface area contributed by atoms with Gasteiger partial charge in [-0.25, -0.2) is 0 Å². The maximum atomic E-state index is 11.7. The fraction of sp³-hybridized carbons (Fsp3) is 0.923. The van der Waals surface area contributed by atoms with Crippen LogP contribution in [-0.2, 0) is 4.79 Å². The van der Waals surface area contributed by atoms with Crippen LogP contribution in [0.1, 0.15) is 47.0 Å². The highest BCUT2D eigenvalue weighted by Crippen LogP contribution is 2.12. The molecule has 0 aliphatic rings. The van der Waals surface area contributed by atoms with Crippen molar-refractivity contribution in [2.24, 2.45) is 5.92 Å². The number of aliphatic hydroxyl groups excluding tert-OH is 1. The Balaban J connectivity index is 3.69. The number of rotatable bonds is 9. The van der Waals surface area contributed by atoms with Gasteiger partial charge in [-0.15, -0.1) is 11.8 Å². The zero-order chi connectivity index (χ0) is 13.3. The van der Waals surface area contributed by atoms with Gasteiger partial charge in [0.2, 0.25) is 5.91 Å². The molecule has 2 atom stereocenters. The topological polar surface area (TPSA) is 49.3 Å². The Hall–Kier alpha value is -0.220. The Morgan fingerprint density at radius 3 is 2.53 bits per heavy atom. The third kappa shape index (κ3) is 9.48. The third-order valence-electron chi connectivity index (χ3n) is 2.49. The Bertz CT molecular complexity index is 210. The van der Waals surface area contributed by atoms with E-state index in [2.05, 4.69) is 26.1 Å². The zero-order valence-corrected chi connectivity index (χ0v) is 12.3. The molecular weight excluding hydrogens is 234 g/mol. The normalized spacial score (nSPS) is 14.7. The van der Waals surface area contributed by atoms with Crippen LogP contribution in [0, 0.1) is 5.92 Å². The van der Waals surface area contributed by atoms with E-state index < -0.39 is 6.10 Å². The molecule has 0 aliphatic heterocycles. The zero-order valence-electron chi connectivity index (χ0n) is 11.5. The molecule has 0 spiro atoms. The summed E-state index contributed by atoms with van der Waals surface area (Å²) < 4.78 is 0. The lowest BCUT2D eigenvalue weighted by Crippen LogP contribution is -2.37. The number of thioether (sulfide) groups is 1. The molecule has 0 bridgehead atoms. The first kappa shape index (κ1) is 16.8. The Morgan fingerprint density at radius 1 is 1.35 bits per heavy atom. The summed E-state index contributed by atoms with van der Waals surface area (Å²) >= 11 is 1.68. The summed E-state index contributed by atoms with van der Waals surface area (Å²) in [5.41, 5.74) is 0. The van der Waals surface area contributed by atoms with E-state index in [0.29, 0.717) is 12.5 Å². The average Bonchev–Trinajstić information content (AvgIpc) is 2.25. The quantitative estimate of drug-likeness (QED) is 0.627. The van der Waals surface area contributed by atoms with Gasteiger partial charge in [0.15, 0.2) is 0 Å². The van der Waals surface area contributed by atoms with Gasteiger partial charge in [-0.2, -0.15) is 0 Å². The van der Waals surface area contributed by atoms with Crippen LogP contribution >= 0.6 is 11.8 Å². The summed E-state index contributed by atoms with van der Waals surface area (Å²) in [6.45, 7) is 8.57. The Morgan fingerprint density at radius 2 is 2.00 bits per heavy atom. The highest BCUT2D eigenvalue weighted by molar-refractivity contribution is 8.00. The van der Waals surface area contributed by atoms with Gasteiger partial charge >= 0.3 is 0 Å². The monoisotopic (exact) mass is 261 g/mol. The maximum absolute atomic E-state index is 11.7. The molecular formula is C13H27NO2S. The molecule has 4 heteroatoms. The summed E-state index contributed by atoms with van der Waals surface area (Å²) in [6.07, 6.45) is 2.62. The minimum absolute atomic E-state index is 0.0206. The maximum Gasteiger partial charge on any atom is 0.232 e. The van der Waals surface area contributed by atoms with E-state index in [-0.39, 0.29) is 11.2 Å². The molecule has 0 aromatic rings. The molecule has 17 heavy (non-hydrogen) atoms. The minimum atomic E-state index is -0.424. The first-order chi connectivity index (χ1) is 7.97. The largest absolute Gasteiger partial charge is 0.391 e. The molecule has 3 nitrogen and oxygen atoms in total. The summed E-state index contributed by atoms with van der Waals surface area (Å²) in [5.74, 6) is 1.52. The van der Waals surface area contributed by atoms with Crippen molar-refractivity contribution in [1.29, 1.82) is 0 Å². The fourth-order valence-corrected chi connectivity index (χ4v) is 2.51. The van der Waals surface area contributed by atoms with E-state index in [0.717, 1.165) is 25.0 Å². The van der Waals surface area contributed by atoms with Crippen molar-refractivity contribution >= 4 is 17.7 Å². The van der Waals surface area contributed by atoms with Crippen LogP contribution in [0.25, 0.3) is 0 Å². The molecule has 102 valence electrons. The van der Waals surface area contributed by atoms with E-state index in [1.165, 1.54) is 0 Å². The summed E-state index contributed by atoms with van der Waals surface area (Å²) in [5, 5.41) is 12.4. The van der Waals surface area contributed by atoms with Crippen LogP contribution in [0.4, 0.5) is 0 Å². The number of unbranched alkanes of at least 4 members (excludes halogenated alkanes) is 1. The van der Waals surface area contributed by atoms with Crippen LogP contribution in [0.15, 0.2) is 0 Å².